The van der Waals surface area contributed by atoms with E-state index in [2.05, 4.69) is 26.2 Å². The van der Waals surface area contributed by atoms with E-state index in [0.29, 0.717) is 24.3 Å². The van der Waals surface area contributed by atoms with Crippen molar-refractivity contribution in [2.75, 3.05) is 7.05 Å². The summed E-state index contributed by atoms with van der Waals surface area (Å²) in [6.45, 7) is 2.17. The third-order valence-corrected chi connectivity index (χ3v) is 3.36. The van der Waals surface area contributed by atoms with Crippen LogP contribution in [-0.4, -0.2) is 32.8 Å². The van der Waals surface area contributed by atoms with Crippen LogP contribution >= 0.6 is 15.9 Å². The lowest BCUT2D eigenvalue weighted by Gasteiger charge is -2.11. The topological polar surface area (TPSA) is 51.0 Å². The van der Waals surface area contributed by atoms with Gasteiger partial charge in [-0.05, 0) is 18.2 Å². The molecule has 0 spiro atoms. The molecule has 7 heteroatoms. The maximum atomic E-state index is 13.6. The van der Waals surface area contributed by atoms with Gasteiger partial charge in [0.05, 0.1) is 19.3 Å². The molecular weight excluding hydrogens is 327 g/mol. The number of benzene rings is 1. The van der Waals surface area contributed by atoms with Crippen molar-refractivity contribution in [3.63, 3.8) is 0 Å². The second-order valence-electron chi connectivity index (χ2n) is 4.52. The fourth-order valence-corrected chi connectivity index (χ4v) is 2.09. The molecule has 106 valence electrons. The van der Waals surface area contributed by atoms with Crippen molar-refractivity contribution < 1.29 is 9.18 Å². The first-order valence-corrected chi connectivity index (χ1v) is 6.79. The number of amides is 1. The molecular formula is C13H14BrFN4O. The summed E-state index contributed by atoms with van der Waals surface area (Å²) in [5, 5.41) is 7.91. The molecule has 1 aromatic heterocycles. The zero-order valence-corrected chi connectivity index (χ0v) is 12.8. The van der Waals surface area contributed by atoms with Crippen molar-refractivity contribution in [1.82, 2.24) is 19.9 Å². The highest BCUT2D eigenvalue weighted by molar-refractivity contribution is 9.10. The van der Waals surface area contributed by atoms with E-state index in [1.165, 1.54) is 17.9 Å². The predicted molar refractivity (Wildman–Crippen MR) is 75.4 cm³/mol. The van der Waals surface area contributed by atoms with Crippen LogP contribution < -0.4 is 0 Å². The van der Waals surface area contributed by atoms with E-state index < -0.39 is 0 Å². The first kappa shape index (κ1) is 14.6. The molecule has 1 amide bonds. The summed E-state index contributed by atoms with van der Waals surface area (Å²) in [5.74, 6) is -0.330. The molecule has 0 fully saturated rings. The second-order valence-corrected chi connectivity index (χ2v) is 5.43. The Morgan fingerprint density at radius 2 is 2.25 bits per heavy atom. The highest BCUT2D eigenvalue weighted by Gasteiger charge is 2.09. The van der Waals surface area contributed by atoms with E-state index in [1.54, 1.807) is 30.1 Å². The van der Waals surface area contributed by atoms with Gasteiger partial charge in [-0.1, -0.05) is 21.1 Å². The molecule has 2 rings (SSSR count). The third kappa shape index (κ3) is 3.63. The Bertz CT molecular complexity index is 629. The van der Waals surface area contributed by atoms with Crippen LogP contribution in [0.15, 0.2) is 28.9 Å². The summed E-state index contributed by atoms with van der Waals surface area (Å²) in [6.07, 6.45) is 1.71. The van der Waals surface area contributed by atoms with Gasteiger partial charge in [-0.25, -0.2) is 9.07 Å². The number of carbonyl (C=O) groups excluding carboxylic acids is 1. The lowest BCUT2D eigenvalue weighted by atomic mass is 10.2. The molecule has 0 saturated heterocycles. The molecule has 5 nitrogen and oxygen atoms in total. The fourth-order valence-electron chi connectivity index (χ4n) is 1.68. The van der Waals surface area contributed by atoms with Gasteiger partial charge in [0, 0.05) is 24.0 Å². The zero-order chi connectivity index (χ0) is 14.7. The van der Waals surface area contributed by atoms with Crippen molar-refractivity contribution in [2.45, 2.75) is 20.0 Å². The summed E-state index contributed by atoms with van der Waals surface area (Å²) < 4.78 is 16.0. The Balaban J connectivity index is 2.09. The van der Waals surface area contributed by atoms with E-state index in [4.69, 9.17) is 0 Å². The molecule has 0 N–H and O–H groups in total. The average Bonchev–Trinajstić information content (AvgIpc) is 2.81. The lowest BCUT2D eigenvalue weighted by molar-refractivity contribution is -0.128. The van der Waals surface area contributed by atoms with Crippen LogP contribution in [0.3, 0.4) is 0 Å². The van der Waals surface area contributed by atoms with E-state index in [-0.39, 0.29) is 11.7 Å². The standard InChI is InChI=1S/C13H14BrFN4O/c1-9(20)18(2)7-12-8-19(17-16-12)6-10-5-11(14)3-4-13(10)15/h3-5,8H,6-7H2,1-2H3. The number of hydrogen-bond donors (Lipinski definition) is 0. The average molecular weight is 341 g/mol. The molecule has 0 aliphatic heterocycles. The molecule has 20 heavy (non-hydrogen) atoms. The van der Waals surface area contributed by atoms with Gasteiger partial charge in [0.15, 0.2) is 0 Å². The fraction of sp³-hybridized carbons (Fsp3) is 0.308. The van der Waals surface area contributed by atoms with Crippen LogP contribution in [0.25, 0.3) is 0 Å². The summed E-state index contributed by atoms with van der Waals surface area (Å²) in [4.78, 5) is 12.7. The van der Waals surface area contributed by atoms with Crippen LogP contribution in [0.1, 0.15) is 18.2 Å². The van der Waals surface area contributed by atoms with Gasteiger partial charge in [-0.15, -0.1) is 5.10 Å². The molecule has 0 bridgehead atoms. The van der Waals surface area contributed by atoms with Gasteiger partial charge in [0.2, 0.25) is 5.91 Å². The van der Waals surface area contributed by atoms with Crippen molar-refractivity contribution in [2.24, 2.45) is 0 Å². The number of nitrogens with zero attached hydrogens (tertiary/aromatic N) is 4. The monoisotopic (exact) mass is 340 g/mol. The first-order valence-electron chi connectivity index (χ1n) is 6.00. The van der Waals surface area contributed by atoms with Crippen LogP contribution in [0, 0.1) is 5.82 Å². The summed E-state index contributed by atoms with van der Waals surface area (Å²) >= 11 is 3.31. The first-order chi connectivity index (χ1) is 9.45. The second kappa shape index (κ2) is 6.13. The minimum Gasteiger partial charge on any atom is -0.340 e. The van der Waals surface area contributed by atoms with Crippen molar-refractivity contribution in [1.29, 1.82) is 0 Å². The predicted octanol–water partition coefficient (Wildman–Crippen LogP) is 2.21. The van der Waals surface area contributed by atoms with Gasteiger partial charge in [-0.2, -0.15) is 0 Å². The number of hydrogen-bond acceptors (Lipinski definition) is 3. The van der Waals surface area contributed by atoms with Crippen LogP contribution in [0.5, 0.6) is 0 Å². The van der Waals surface area contributed by atoms with Crippen molar-refractivity contribution in [3.8, 4) is 0 Å². The maximum absolute atomic E-state index is 13.6. The zero-order valence-electron chi connectivity index (χ0n) is 11.2. The normalized spacial score (nSPS) is 10.6. The van der Waals surface area contributed by atoms with Gasteiger partial charge in [-0.3, -0.25) is 4.79 Å². The molecule has 1 heterocycles. The van der Waals surface area contributed by atoms with Crippen LogP contribution in [-0.2, 0) is 17.9 Å². The lowest BCUT2D eigenvalue weighted by Crippen LogP contribution is -2.23. The number of aromatic nitrogens is 3. The number of halogens is 2. The summed E-state index contributed by atoms with van der Waals surface area (Å²) in [5.41, 5.74) is 1.19. The van der Waals surface area contributed by atoms with Crippen molar-refractivity contribution >= 4 is 21.8 Å². The Kier molecular flexibility index (Phi) is 4.49. The molecule has 0 unspecified atom stereocenters. The quantitative estimate of drug-likeness (QED) is 0.857. The van der Waals surface area contributed by atoms with Gasteiger partial charge in [0.25, 0.3) is 0 Å². The number of carbonyl (C=O) groups is 1. The van der Waals surface area contributed by atoms with Gasteiger partial charge < -0.3 is 4.90 Å². The maximum Gasteiger partial charge on any atom is 0.219 e. The Morgan fingerprint density at radius 1 is 1.50 bits per heavy atom. The molecule has 0 saturated carbocycles. The van der Waals surface area contributed by atoms with Crippen LogP contribution in [0.2, 0.25) is 0 Å². The summed E-state index contributed by atoms with van der Waals surface area (Å²) in [7, 11) is 1.69. The van der Waals surface area contributed by atoms with E-state index in [9.17, 15) is 9.18 Å². The molecule has 0 atom stereocenters. The number of rotatable bonds is 4. The SMILES string of the molecule is CC(=O)N(C)Cc1cn(Cc2cc(Br)ccc2F)nn1. The highest BCUT2D eigenvalue weighted by Crippen LogP contribution is 2.16. The smallest absolute Gasteiger partial charge is 0.219 e. The molecule has 0 aliphatic rings. The largest absolute Gasteiger partial charge is 0.340 e. The minimum absolute atomic E-state index is 0.0439. The van der Waals surface area contributed by atoms with Gasteiger partial charge >= 0.3 is 0 Å². The molecule has 0 radical (unpaired) electrons. The van der Waals surface area contributed by atoms with Crippen LogP contribution in [0.4, 0.5) is 4.39 Å². The Hall–Kier alpha value is -1.76. The Labute approximate surface area is 124 Å². The Morgan fingerprint density at radius 3 is 2.95 bits per heavy atom. The highest BCUT2D eigenvalue weighted by atomic mass is 79.9. The van der Waals surface area contributed by atoms with E-state index in [1.807, 2.05) is 0 Å². The van der Waals surface area contributed by atoms with Crippen molar-refractivity contribution in [3.05, 3.63) is 45.9 Å². The molecule has 2 aromatic rings. The molecule has 1 aromatic carbocycles. The third-order valence-electron chi connectivity index (χ3n) is 2.86. The summed E-state index contributed by atoms with van der Waals surface area (Å²) in [6, 6.07) is 4.76. The van der Waals surface area contributed by atoms with Gasteiger partial charge in [0.1, 0.15) is 11.5 Å². The minimum atomic E-state index is -0.286. The van der Waals surface area contributed by atoms with E-state index in [0.717, 1.165) is 4.47 Å². The van der Waals surface area contributed by atoms with E-state index >= 15 is 0 Å². The molecule has 0 aliphatic carbocycles.